The van der Waals surface area contributed by atoms with Crippen molar-refractivity contribution >= 4 is 17.0 Å². The van der Waals surface area contributed by atoms with Crippen LogP contribution in [0.1, 0.15) is 32.1 Å². The van der Waals surface area contributed by atoms with Crippen molar-refractivity contribution in [3.63, 3.8) is 0 Å². The normalized spacial score (nSPS) is 23.0. The van der Waals surface area contributed by atoms with Crippen molar-refractivity contribution < 1.29 is 9.13 Å². The van der Waals surface area contributed by atoms with E-state index in [1.165, 1.54) is 0 Å². The van der Waals surface area contributed by atoms with Gasteiger partial charge in [0.15, 0.2) is 35.2 Å². The number of benzene rings is 2. The molecule has 0 aliphatic carbocycles. The van der Waals surface area contributed by atoms with E-state index in [0.717, 1.165) is 17.5 Å². The summed E-state index contributed by atoms with van der Waals surface area (Å²) in [6, 6.07) is 19.9. The number of rotatable bonds is 6. The summed E-state index contributed by atoms with van der Waals surface area (Å²) in [6.07, 6.45) is 0.370. The lowest BCUT2D eigenvalue weighted by atomic mass is 10.00. The molecule has 6 nitrogen and oxygen atoms in total. The Morgan fingerprint density at radius 2 is 1.75 bits per heavy atom. The van der Waals surface area contributed by atoms with Gasteiger partial charge >= 0.3 is 0 Å². The molecule has 0 amide bonds. The zero-order chi connectivity index (χ0) is 22.1. The van der Waals surface area contributed by atoms with Gasteiger partial charge in [-0.05, 0) is 12.0 Å². The number of anilines is 1. The van der Waals surface area contributed by atoms with E-state index in [0.29, 0.717) is 29.4 Å². The van der Waals surface area contributed by atoms with Crippen molar-refractivity contribution in [3.8, 4) is 11.4 Å². The standard InChI is InChI=1S/C25H26FN5O/c1-3-19-16(2)20(26)25(32-19)31-15-28-21-23(27-14-17-10-6-4-7-11-17)29-22(30-24(21)31)18-12-8-5-9-13-18/h4-13,15-16,19-20,25H,3,14H2,1-2H3,(H,27,29,30)/t16-,19-,20+,25-/m1/s1. The molecular formula is C25H26FN5O. The number of alkyl halides is 1. The average molecular weight is 432 g/mol. The molecule has 2 aromatic carbocycles. The Labute approximate surface area is 186 Å². The van der Waals surface area contributed by atoms with Gasteiger partial charge in [0.25, 0.3) is 0 Å². The highest BCUT2D eigenvalue weighted by Crippen LogP contribution is 2.39. The van der Waals surface area contributed by atoms with Crippen molar-refractivity contribution in [1.82, 2.24) is 19.5 Å². The van der Waals surface area contributed by atoms with Gasteiger partial charge in [-0.25, -0.2) is 19.3 Å². The summed E-state index contributed by atoms with van der Waals surface area (Å²) in [6.45, 7) is 4.51. The summed E-state index contributed by atoms with van der Waals surface area (Å²) in [4.78, 5) is 14.1. The first-order chi connectivity index (χ1) is 15.7. The van der Waals surface area contributed by atoms with Crippen LogP contribution in [0, 0.1) is 5.92 Å². The third kappa shape index (κ3) is 3.73. The molecule has 1 N–H and O–H groups in total. The van der Waals surface area contributed by atoms with E-state index in [2.05, 4.69) is 22.4 Å². The van der Waals surface area contributed by atoms with Crippen LogP contribution >= 0.6 is 0 Å². The molecule has 3 heterocycles. The predicted octanol–water partition coefficient (Wildman–Crippen LogP) is 5.39. The summed E-state index contributed by atoms with van der Waals surface area (Å²) in [5.41, 5.74) is 3.17. The molecule has 164 valence electrons. The van der Waals surface area contributed by atoms with Crippen molar-refractivity contribution in [1.29, 1.82) is 0 Å². The fourth-order valence-corrected chi connectivity index (χ4v) is 4.25. The van der Waals surface area contributed by atoms with Crippen molar-refractivity contribution in [2.75, 3.05) is 5.32 Å². The zero-order valence-corrected chi connectivity index (χ0v) is 18.1. The highest BCUT2D eigenvalue weighted by atomic mass is 19.1. The molecule has 4 atom stereocenters. The van der Waals surface area contributed by atoms with Crippen LogP contribution < -0.4 is 5.32 Å². The van der Waals surface area contributed by atoms with Crippen molar-refractivity contribution in [3.05, 3.63) is 72.6 Å². The van der Waals surface area contributed by atoms with Crippen LogP contribution in [0.15, 0.2) is 67.0 Å². The number of ether oxygens (including phenoxy) is 1. The predicted molar refractivity (Wildman–Crippen MR) is 123 cm³/mol. The topological polar surface area (TPSA) is 64.9 Å². The van der Waals surface area contributed by atoms with E-state index in [9.17, 15) is 0 Å². The molecule has 2 aromatic heterocycles. The van der Waals surface area contributed by atoms with Crippen LogP contribution in [0.2, 0.25) is 0 Å². The maximum Gasteiger partial charge on any atom is 0.168 e. The second-order valence-corrected chi connectivity index (χ2v) is 8.20. The van der Waals surface area contributed by atoms with Crippen LogP contribution in [0.25, 0.3) is 22.6 Å². The molecule has 1 fully saturated rings. The number of nitrogens with one attached hydrogen (secondary N) is 1. The highest BCUT2D eigenvalue weighted by molar-refractivity contribution is 5.85. The first kappa shape index (κ1) is 20.6. The number of hydrogen-bond donors (Lipinski definition) is 1. The first-order valence-electron chi connectivity index (χ1n) is 11.0. The molecule has 0 bridgehead atoms. The van der Waals surface area contributed by atoms with Crippen LogP contribution in [-0.2, 0) is 11.3 Å². The molecule has 0 saturated carbocycles. The Kier molecular flexibility index (Phi) is 5.57. The van der Waals surface area contributed by atoms with E-state index < -0.39 is 12.4 Å². The largest absolute Gasteiger partial charge is 0.364 e. The Bertz CT molecular complexity index is 1200. The number of hydrogen-bond acceptors (Lipinski definition) is 5. The summed E-state index contributed by atoms with van der Waals surface area (Å²) in [7, 11) is 0. The van der Waals surface area contributed by atoms with Crippen LogP contribution in [0.4, 0.5) is 10.2 Å². The molecular weight excluding hydrogens is 405 g/mol. The lowest BCUT2D eigenvalue weighted by Crippen LogP contribution is -2.20. The summed E-state index contributed by atoms with van der Waals surface area (Å²) in [5.74, 6) is 0.988. The quantitative estimate of drug-likeness (QED) is 0.444. The second-order valence-electron chi connectivity index (χ2n) is 8.20. The smallest absolute Gasteiger partial charge is 0.168 e. The Balaban J connectivity index is 1.58. The van der Waals surface area contributed by atoms with Gasteiger partial charge in [0.05, 0.1) is 12.4 Å². The van der Waals surface area contributed by atoms with Gasteiger partial charge in [0.2, 0.25) is 0 Å². The minimum absolute atomic E-state index is 0.126. The molecule has 1 aliphatic rings. The average Bonchev–Trinajstić information content (AvgIpc) is 3.39. The SMILES string of the molecule is CC[C@H]1O[C@@H](n2cnc3c(NCc4ccccc4)nc(-c4ccccc4)nc32)[C@@H](F)[C@@H]1C. The molecule has 4 aromatic rings. The fourth-order valence-electron chi connectivity index (χ4n) is 4.25. The summed E-state index contributed by atoms with van der Waals surface area (Å²) >= 11 is 0. The van der Waals surface area contributed by atoms with Crippen LogP contribution in [0.5, 0.6) is 0 Å². The molecule has 7 heteroatoms. The third-order valence-electron chi connectivity index (χ3n) is 6.11. The van der Waals surface area contributed by atoms with E-state index in [1.807, 2.05) is 62.4 Å². The fraction of sp³-hybridized carbons (Fsp3) is 0.320. The van der Waals surface area contributed by atoms with Gasteiger partial charge in [-0.1, -0.05) is 74.5 Å². The Morgan fingerprint density at radius 1 is 1.03 bits per heavy atom. The molecule has 1 saturated heterocycles. The molecule has 5 rings (SSSR count). The number of aromatic nitrogens is 4. The zero-order valence-electron chi connectivity index (χ0n) is 18.1. The van der Waals surface area contributed by atoms with Crippen molar-refractivity contribution in [2.45, 2.75) is 45.3 Å². The number of imidazole rings is 1. The molecule has 0 unspecified atom stereocenters. The number of halogens is 1. The number of fused-ring (bicyclic) bond motifs is 1. The van der Waals surface area contributed by atoms with Gasteiger partial charge in [0.1, 0.15) is 0 Å². The highest BCUT2D eigenvalue weighted by Gasteiger charge is 2.43. The lowest BCUT2D eigenvalue weighted by Gasteiger charge is -2.16. The van der Waals surface area contributed by atoms with E-state index in [-0.39, 0.29) is 12.0 Å². The second kappa shape index (κ2) is 8.67. The Hall–Kier alpha value is -3.32. The van der Waals surface area contributed by atoms with E-state index >= 15 is 4.39 Å². The maximum atomic E-state index is 15.2. The van der Waals surface area contributed by atoms with Crippen LogP contribution in [0.3, 0.4) is 0 Å². The van der Waals surface area contributed by atoms with Crippen LogP contribution in [-0.4, -0.2) is 31.8 Å². The summed E-state index contributed by atoms with van der Waals surface area (Å²) in [5, 5.41) is 3.40. The third-order valence-corrected chi connectivity index (χ3v) is 6.11. The van der Waals surface area contributed by atoms with E-state index in [4.69, 9.17) is 14.7 Å². The van der Waals surface area contributed by atoms with Gasteiger partial charge in [-0.15, -0.1) is 0 Å². The molecule has 0 radical (unpaired) electrons. The minimum Gasteiger partial charge on any atom is -0.364 e. The van der Waals surface area contributed by atoms with Crippen molar-refractivity contribution in [2.24, 2.45) is 5.92 Å². The monoisotopic (exact) mass is 431 g/mol. The van der Waals surface area contributed by atoms with Gasteiger partial charge in [-0.2, -0.15) is 0 Å². The summed E-state index contributed by atoms with van der Waals surface area (Å²) < 4.78 is 23.0. The lowest BCUT2D eigenvalue weighted by molar-refractivity contribution is -0.0186. The maximum absolute atomic E-state index is 15.2. The first-order valence-corrected chi connectivity index (χ1v) is 11.0. The Morgan fingerprint density at radius 3 is 2.44 bits per heavy atom. The molecule has 1 aliphatic heterocycles. The van der Waals surface area contributed by atoms with Gasteiger partial charge in [-0.3, -0.25) is 4.57 Å². The van der Waals surface area contributed by atoms with Gasteiger partial charge < -0.3 is 10.1 Å². The molecule has 0 spiro atoms. The van der Waals surface area contributed by atoms with Gasteiger partial charge in [0, 0.05) is 18.0 Å². The minimum atomic E-state index is -1.13. The van der Waals surface area contributed by atoms with E-state index in [1.54, 1.807) is 10.9 Å². The molecule has 32 heavy (non-hydrogen) atoms. The number of nitrogens with zero attached hydrogens (tertiary/aromatic N) is 4.